The predicted molar refractivity (Wildman–Crippen MR) is 62.1 cm³/mol. The van der Waals surface area contributed by atoms with Crippen LogP contribution < -0.4 is 5.32 Å². The van der Waals surface area contributed by atoms with Gasteiger partial charge >= 0.3 is 0 Å². The fraction of sp³-hybridized carbons (Fsp3) is 0.500. The molecule has 3 nitrogen and oxygen atoms in total. The third-order valence-electron chi connectivity index (χ3n) is 2.46. The van der Waals surface area contributed by atoms with E-state index in [0.29, 0.717) is 6.04 Å². The van der Waals surface area contributed by atoms with Crippen molar-refractivity contribution in [2.45, 2.75) is 12.6 Å². The van der Waals surface area contributed by atoms with E-state index in [2.05, 4.69) is 48.6 Å². The molecule has 1 heterocycles. The van der Waals surface area contributed by atoms with E-state index in [1.54, 1.807) is 0 Å². The molecule has 1 aromatic rings. The number of nitrogens with zero attached hydrogens (tertiary/aromatic N) is 1. The molecule has 0 radical (unpaired) electrons. The second kappa shape index (κ2) is 4.64. The summed E-state index contributed by atoms with van der Waals surface area (Å²) in [5.41, 5.74) is 2.53. The van der Waals surface area contributed by atoms with Crippen LogP contribution in [0.5, 0.6) is 0 Å². The number of nitrogens with one attached hydrogen (secondary N) is 1. The van der Waals surface area contributed by atoms with Crippen molar-refractivity contribution in [2.75, 3.05) is 32.6 Å². The molecular formula is C12H18N2O. The Morgan fingerprint density at radius 2 is 1.93 bits per heavy atom. The van der Waals surface area contributed by atoms with Crippen molar-refractivity contribution >= 4 is 5.69 Å². The van der Waals surface area contributed by atoms with Crippen LogP contribution in [-0.4, -0.2) is 38.3 Å². The largest absolute Gasteiger partial charge is 0.378 e. The second-order valence-electron chi connectivity index (χ2n) is 4.31. The number of ether oxygens (including phenoxy) is 1. The number of benzene rings is 1. The van der Waals surface area contributed by atoms with E-state index < -0.39 is 0 Å². The lowest BCUT2D eigenvalue weighted by Crippen LogP contribution is -2.40. The number of anilines is 1. The Morgan fingerprint density at radius 1 is 1.27 bits per heavy atom. The van der Waals surface area contributed by atoms with Gasteiger partial charge in [0.05, 0.1) is 19.3 Å². The molecule has 0 unspecified atom stereocenters. The summed E-state index contributed by atoms with van der Waals surface area (Å²) in [7, 11) is 4.16. The van der Waals surface area contributed by atoms with Crippen LogP contribution in [0.1, 0.15) is 5.56 Å². The summed E-state index contributed by atoms with van der Waals surface area (Å²) < 4.78 is 5.11. The Kier molecular flexibility index (Phi) is 3.23. The molecule has 15 heavy (non-hydrogen) atoms. The van der Waals surface area contributed by atoms with Gasteiger partial charge in [0.15, 0.2) is 0 Å². The van der Waals surface area contributed by atoms with Crippen LogP contribution in [0.15, 0.2) is 24.3 Å². The smallest absolute Gasteiger partial charge is 0.0728 e. The highest BCUT2D eigenvalue weighted by atomic mass is 16.5. The Balaban J connectivity index is 1.91. The first-order chi connectivity index (χ1) is 7.24. The average molecular weight is 206 g/mol. The lowest BCUT2D eigenvalue weighted by molar-refractivity contribution is 0.0211. The lowest BCUT2D eigenvalue weighted by Gasteiger charge is -2.27. The van der Waals surface area contributed by atoms with Crippen molar-refractivity contribution in [2.24, 2.45) is 0 Å². The van der Waals surface area contributed by atoms with E-state index in [1.807, 2.05) is 0 Å². The van der Waals surface area contributed by atoms with Crippen LogP contribution in [0.25, 0.3) is 0 Å². The Morgan fingerprint density at radius 3 is 2.40 bits per heavy atom. The molecule has 0 spiro atoms. The van der Waals surface area contributed by atoms with Gasteiger partial charge in [-0.25, -0.2) is 0 Å². The van der Waals surface area contributed by atoms with E-state index >= 15 is 0 Å². The molecular weight excluding hydrogens is 188 g/mol. The molecule has 1 fully saturated rings. The molecule has 0 amide bonds. The fourth-order valence-electron chi connectivity index (χ4n) is 1.63. The molecule has 1 aliphatic rings. The predicted octanol–water partition coefficient (Wildman–Crippen LogP) is 1.56. The summed E-state index contributed by atoms with van der Waals surface area (Å²) in [4.78, 5) is 2.17. The zero-order chi connectivity index (χ0) is 10.7. The molecule has 0 bridgehead atoms. The zero-order valence-electron chi connectivity index (χ0n) is 9.36. The summed E-state index contributed by atoms with van der Waals surface area (Å²) >= 11 is 0. The van der Waals surface area contributed by atoms with E-state index in [4.69, 9.17) is 4.74 Å². The quantitative estimate of drug-likeness (QED) is 0.809. The van der Waals surface area contributed by atoms with Crippen LogP contribution in [-0.2, 0) is 11.3 Å². The van der Waals surface area contributed by atoms with Gasteiger partial charge in [0, 0.05) is 12.2 Å². The van der Waals surface area contributed by atoms with E-state index in [0.717, 1.165) is 19.8 Å². The lowest BCUT2D eigenvalue weighted by atomic mass is 10.1. The van der Waals surface area contributed by atoms with Gasteiger partial charge in [0.25, 0.3) is 0 Å². The summed E-state index contributed by atoms with van der Waals surface area (Å²) in [6, 6.07) is 9.11. The molecule has 1 saturated heterocycles. The first kappa shape index (κ1) is 10.5. The van der Waals surface area contributed by atoms with Crippen molar-refractivity contribution < 1.29 is 4.74 Å². The van der Waals surface area contributed by atoms with Gasteiger partial charge in [-0.3, -0.25) is 0 Å². The number of hydrogen-bond acceptors (Lipinski definition) is 3. The Labute approximate surface area is 91.0 Å². The van der Waals surface area contributed by atoms with Gasteiger partial charge < -0.3 is 15.0 Å². The van der Waals surface area contributed by atoms with Crippen LogP contribution in [0.4, 0.5) is 5.69 Å². The van der Waals surface area contributed by atoms with Crippen molar-refractivity contribution in [1.29, 1.82) is 0 Å². The minimum atomic E-state index is 0.504. The van der Waals surface area contributed by atoms with Crippen LogP contribution in [0.2, 0.25) is 0 Å². The SMILES string of the molecule is CN(C)Cc1ccc(NC2COC2)cc1. The van der Waals surface area contributed by atoms with Gasteiger partial charge in [-0.05, 0) is 31.8 Å². The molecule has 0 atom stereocenters. The molecule has 1 N–H and O–H groups in total. The molecule has 1 aromatic carbocycles. The van der Waals surface area contributed by atoms with E-state index in [-0.39, 0.29) is 0 Å². The van der Waals surface area contributed by atoms with Crippen molar-refractivity contribution in [3.8, 4) is 0 Å². The molecule has 1 aliphatic heterocycles. The molecule has 0 aliphatic carbocycles. The Bertz CT molecular complexity index is 304. The number of hydrogen-bond donors (Lipinski definition) is 1. The average Bonchev–Trinajstić information content (AvgIpc) is 2.13. The maximum Gasteiger partial charge on any atom is 0.0728 e. The summed E-state index contributed by atoms with van der Waals surface area (Å²) in [5, 5.41) is 3.42. The van der Waals surface area contributed by atoms with Crippen molar-refractivity contribution in [3.05, 3.63) is 29.8 Å². The zero-order valence-corrected chi connectivity index (χ0v) is 9.36. The van der Waals surface area contributed by atoms with Gasteiger partial charge in [-0.1, -0.05) is 12.1 Å². The minimum Gasteiger partial charge on any atom is -0.378 e. The highest BCUT2D eigenvalue weighted by Gasteiger charge is 2.17. The normalized spacial score (nSPS) is 16.5. The molecule has 0 saturated carbocycles. The summed E-state index contributed by atoms with van der Waals surface area (Å²) in [6.45, 7) is 2.66. The topological polar surface area (TPSA) is 24.5 Å². The number of rotatable bonds is 4. The van der Waals surface area contributed by atoms with Gasteiger partial charge in [0.1, 0.15) is 0 Å². The van der Waals surface area contributed by atoms with E-state index in [9.17, 15) is 0 Å². The fourth-order valence-corrected chi connectivity index (χ4v) is 1.63. The summed E-state index contributed by atoms with van der Waals surface area (Å²) in [6.07, 6.45) is 0. The van der Waals surface area contributed by atoms with Gasteiger partial charge in [-0.15, -0.1) is 0 Å². The first-order valence-corrected chi connectivity index (χ1v) is 5.32. The third-order valence-corrected chi connectivity index (χ3v) is 2.46. The molecule has 2 rings (SSSR count). The van der Waals surface area contributed by atoms with Crippen molar-refractivity contribution in [1.82, 2.24) is 4.90 Å². The van der Waals surface area contributed by atoms with Crippen LogP contribution >= 0.6 is 0 Å². The monoisotopic (exact) mass is 206 g/mol. The van der Waals surface area contributed by atoms with Gasteiger partial charge in [-0.2, -0.15) is 0 Å². The minimum absolute atomic E-state index is 0.504. The Hall–Kier alpha value is -1.06. The first-order valence-electron chi connectivity index (χ1n) is 5.32. The van der Waals surface area contributed by atoms with Crippen LogP contribution in [0, 0.1) is 0 Å². The summed E-state index contributed by atoms with van der Waals surface area (Å²) in [5.74, 6) is 0. The maximum absolute atomic E-state index is 5.11. The van der Waals surface area contributed by atoms with Crippen LogP contribution in [0.3, 0.4) is 0 Å². The second-order valence-corrected chi connectivity index (χ2v) is 4.31. The highest BCUT2D eigenvalue weighted by Crippen LogP contribution is 2.14. The highest BCUT2D eigenvalue weighted by molar-refractivity contribution is 5.45. The van der Waals surface area contributed by atoms with E-state index in [1.165, 1.54) is 11.3 Å². The molecule has 0 aromatic heterocycles. The standard InChI is InChI=1S/C12H18N2O/c1-14(2)7-10-3-5-11(6-4-10)13-12-8-15-9-12/h3-6,12-13H,7-9H2,1-2H3. The van der Waals surface area contributed by atoms with Gasteiger partial charge in [0.2, 0.25) is 0 Å². The maximum atomic E-state index is 5.11. The third kappa shape index (κ3) is 2.94. The molecule has 82 valence electrons. The molecule has 3 heteroatoms. The van der Waals surface area contributed by atoms with Crippen molar-refractivity contribution in [3.63, 3.8) is 0 Å².